The minimum absolute atomic E-state index is 0.0398. The number of hydrogen-bond donors (Lipinski definition) is 5. The van der Waals surface area contributed by atoms with Crippen molar-refractivity contribution in [1.29, 1.82) is 0 Å². The summed E-state index contributed by atoms with van der Waals surface area (Å²) in [5.74, 6) is 2.27. The molecule has 0 bridgehead atoms. The van der Waals surface area contributed by atoms with Gasteiger partial charge < -0.3 is 49.6 Å². The molecule has 5 N–H and O–H groups in total. The van der Waals surface area contributed by atoms with Gasteiger partial charge in [-0.1, -0.05) is 69.3 Å². The minimum Gasteiger partial charge on any atom is -0.488 e. The van der Waals surface area contributed by atoms with E-state index in [4.69, 9.17) is 28.9 Å². The van der Waals surface area contributed by atoms with Crippen molar-refractivity contribution in [3.05, 3.63) is 102 Å². The van der Waals surface area contributed by atoms with Crippen LogP contribution in [0.5, 0.6) is 5.75 Å². The van der Waals surface area contributed by atoms with Crippen LogP contribution in [-0.4, -0.2) is 106 Å². The maximum atomic E-state index is 14.3. The fraction of sp³-hybridized carbons (Fsp3) is 0.408. The summed E-state index contributed by atoms with van der Waals surface area (Å²) in [6, 6.07) is 21.8. The van der Waals surface area contributed by atoms with E-state index in [9.17, 15) is 19.5 Å². The molecule has 65 heavy (non-hydrogen) atoms. The van der Waals surface area contributed by atoms with Crippen LogP contribution in [0.3, 0.4) is 0 Å². The third-order valence-corrected chi connectivity index (χ3v) is 13.2. The molecule has 1 unspecified atom stereocenters. The number of imidazole rings is 2. The largest absolute Gasteiger partial charge is 0.488 e. The van der Waals surface area contributed by atoms with Crippen LogP contribution in [0, 0.1) is 17.8 Å². The molecule has 7 atom stereocenters. The number of aromatic amines is 2. The lowest BCUT2D eigenvalue weighted by Crippen LogP contribution is -2.54. The Hall–Kier alpha value is -6.49. The number of nitrogens with zero attached hydrogens (tertiary/aromatic N) is 4. The molecule has 16 nitrogen and oxygen atoms in total. The lowest BCUT2D eigenvalue weighted by Gasteiger charge is -2.35. The molecule has 5 heterocycles. The highest BCUT2D eigenvalue weighted by Gasteiger charge is 2.43. The Labute approximate surface area is 377 Å². The average molecular weight is 885 g/mol. The molecule has 16 heteroatoms. The molecule has 0 spiro atoms. The molecule has 0 aliphatic carbocycles. The van der Waals surface area contributed by atoms with Crippen molar-refractivity contribution < 1.29 is 38.4 Å². The first-order valence-electron chi connectivity index (χ1n) is 22.2. The molecule has 2 aromatic heterocycles. The molecule has 6 aromatic rings. The average Bonchev–Trinajstić information content (AvgIpc) is 4.15. The highest BCUT2D eigenvalue weighted by atomic mass is 16.5. The first-order chi connectivity index (χ1) is 31.4. The lowest BCUT2D eigenvalue weighted by atomic mass is 9.92. The number of aromatic nitrogens is 4. The van der Waals surface area contributed by atoms with E-state index in [0.717, 1.165) is 67.7 Å². The molecule has 3 amide bonds. The predicted molar refractivity (Wildman–Crippen MR) is 244 cm³/mol. The molecule has 0 saturated carbocycles. The number of rotatable bonds is 12. The summed E-state index contributed by atoms with van der Waals surface area (Å²) in [5, 5.41) is 19.2. The molecule has 0 radical (unpaired) electrons. The van der Waals surface area contributed by atoms with Crippen LogP contribution in [0.4, 0.5) is 9.59 Å². The van der Waals surface area contributed by atoms with Crippen LogP contribution in [-0.2, 0) is 25.6 Å². The standard InChI is InChI=1S/C49H56N8O8/c1-26(2)41(54-48(60)63-5)46(58)56-22-27(3)16-38(56)45-51-36-15-13-30-19-35-33-14-12-31(18-32(33)25-65-40(35)20-34(30)43(36)53-45)37-21-50-44(52-37)39-17-28(24-62-4)23-57(39)47(59)42(55-49(61)64-6)29-10-8-7-9-11-29/h7-15,18-21,26-28,38-39,41-42,46,58H,16-17,22-25H2,1-6H3,(H,50,52)(H,51,53)(H,54,60)(H,55,61)/t27-,28-,38-,39-,41-,42+,46?/m0/s1. The SMILES string of the molecule is COC[C@H]1C[C@@H](c2ncc(-c3ccc4c(c3)COc3cc5c(ccc6[nH]c([C@@H]7C[C@H](C)CN7C(O)[C@@H](NC(=O)OC)C(C)C)nc65)cc3-4)[nH]2)N(C(=O)[C@H](NC(=O)OC)c2ccccc2)C1. The van der Waals surface area contributed by atoms with Crippen molar-refractivity contribution in [1.82, 2.24) is 40.4 Å². The van der Waals surface area contributed by atoms with E-state index in [1.54, 1.807) is 18.2 Å². The van der Waals surface area contributed by atoms with Crippen LogP contribution >= 0.6 is 0 Å². The molecule has 9 rings (SSSR count). The molecular formula is C49H56N8O8. The third kappa shape index (κ3) is 8.49. The van der Waals surface area contributed by atoms with Crippen molar-refractivity contribution in [2.45, 2.75) is 70.6 Å². The zero-order chi connectivity index (χ0) is 45.5. The molecule has 340 valence electrons. The summed E-state index contributed by atoms with van der Waals surface area (Å²) in [5.41, 5.74) is 7.20. The van der Waals surface area contributed by atoms with Gasteiger partial charge in [0.2, 0.25) is 0 Å². The number of aliphatic hydroxyl groups is 1. The maximum Gasteiger partial charge on any atom is 0.407 e. The first kappa shape index (κ1) is 43.7. The van der Waals surface area contributed by atoms with E-state index < -0.39 is 30.5 Å². The Morgan fingerprint density at radius 1 is 0.892 bits per heavy atom. The molecule has 3 aliphatic rings. The van der Waals surface area contributed by atoms with E-state index in [1.165, 1.54) is 14.2 Å². The number of fused-ring (bicyclic) bond motifs is 6. The van der Waals surface area contributed by atoms with E-state index in [-0.39, 0.29) is 29.8 Å². The number of amides is 3. The molecule has 2 fully saturated rings. The van der Waals surface area contributed by atoms with E-state index in [0.29, 0.717) is 50.0 Å². The summed E-state index contributed by atoms with van der Waals surface area (Å²) in [6.07, 6.45) is 1.02. The summed E-state index contributed by atoms with van der Waals surface area (Å²) < 4.78 is 21.7. The van der Waals surface area contributed by atoms with Gasteiger partial charge in [0.25, 0.3) is 5.91 Å². The first-order valence-corrected chi connectivity index (χ1v) is 22.2. The Kier molecular flexibility index (Phi) is 12.2. The molecule has 3 aliphatic heterocycles. The fourth-order valence-electron chi connectivity index (χ4n) is 9.97. The number of likely N-dealkylation sites (tertiary alicyclic amines) is 2. The van der Waals surface area contributed by atoms with Gasteiger partial charge in [-0.25, -0.2) is 19.6 Å². The highest BCUT2D eigenvalue weighted by molar-refractivity contribution is 6.07. The van der Waals surface area contributed by atoms with Crippen molar-refractivity contribution >= 4 is 39.9 Å². The number of methoxy groups -OCH3 is 3. The van der Waals surface area contributed by atoms with E-state index in [1.807, 2.05) is 55.1 Å². The minimum atomic E-state index is -0.945. The zero-order valence-electron chi connectivity index (χ0n) is 37.5. The highest BCUT2D eigenvalue weighted by Crippen LogP contribution is 2.44. The summed E-state index contributed by atoms with van der Waals surface area (Å²) in [4.78, 5) is 59.8. The summed E-state index contributed by atoms with van der Waals surface area (Å²) >= 11 is 0. The number of alkyl carbamates (subject to hydrolysis) is 2. The monoisotopic (exact) mass is 884 g/mol. The number of aliphatic hydroxyl groups excluding tert-OH is 1. The number of carbonyl (C=O) groups is 3. The summed E-state index contributed by atoms with van der Waals surface area (Å²) in [6.45, 7) is 8.03. The number of H-pyrrole nitrogens is 2. The Morgan fingerprint density at radius 3 is 2.43 bits per heavy atom. The van der Waals surface area contributed by atoms with Gasteiger partial charge in [-0.15, -0.1) is 0 Å². The Bertz CT molecular complexity index is 2720. The van der Waals surface area contributed by atoms with E-state index >= 15 is 0 Å². The number of nitrogens with one attached hydrogen (secondary N) is 4. The summed E-state index contributed by atoms with van der Waals surface area (Å²) in [7, 11) is 4.25. The van der Waals surface area contributed by atoms with Gasteiger partial charge >= 0.3 is 12.2 Å². The van der Waals surface area contributed by atoms with Crippen LogP contribution in [0.1, 0.15) is 74.5 Å². The van der Waals surface area contributed by atoms with Crippen molar-refractivity contribution in [2.75, 3.05) is 41.0 Å². The quantitative estimate of drug-likeness (QED) is 0.0823. The van der Waals surface area contributed by atoms with Crippen molar-refractivity contribution in [3.63, 3.8) is 0 Å². The van der Waals surface area contributed by atoms with Gasteiger partial charge in [-0.2, -0.15) is 0 Å². The van der Waals surface area contributed by atoms with E-state index in [2.05, 4.69) is 63.9 Å². The zero-order valence-corrected chi connectivity index (χ0v) is 37.5. The molecule has 2 saturated heterocycles. The Balaban J connectivity index is 0.973. The van der Waals surface area contributed by atoms with Gasteiger partial charge in [-0.3, -0.25) is 9.69 Å². The van der Waals surface area contributed by atoms with Crippen molar-refractivity contribution in [3.8, 4) is 28.1 Å². The maximum absolute atomic E-state index is 14.3. The van der Waals surface area contributed by atoms with Crippen LogP contribution in [0.2, 0.25) is 0 Å². The second kappa shape index (κ2) is 18.2. The number of carbonyl (C=O) groups excluding carboxylic acids is 3. The normalized spacial score (nSPS) is 20.8. The van der Waals surface area contributed by atoms with Crippen LogP contribution < -0.4 is 15.4 Å². The van der Waals surface area contributed by atoms with Gasteiger partial charge in [0, 0.05) is 37.1 Å². The predicted octanol–water partition coefficient (Wildman–Crippen LogP) is 7.38. The van der Waals surface area contributed by atoms with Gasteiger partial charge in [0.1, 0.15) is 36.3 Å². The number of ether oxygens (including phenoxy) is 4. The topological polar surface area (TPSA) is 196 Å². The third-order valence-electron chi connectivity index (χ3n) is 13.2. The van der Waals surface area contributed by atoms with Crippen LogP contribution in [0.15, 0.2) is 79.0 Å². The molecule has 4 aromatic carbocycles. The lowest BCUT2D eigenvalue weighted by molar-refractivity contribution is -0.134. The number of benzene rings is 4. The number of hydrogen-bond acceptors (Lipinski definition) is 11. The smallest absolute Gasteiger partial charge is 0.407 e. The Morgan fingerprint density at radius 2 is 1.68 bits per heavy atom. The second-order valence-corrected chi connectivity index (χ2v) is 17.9. The van der Waals surface area contributed by atoms with Crippen LogP contribution in [0.25, 0.3) is 44.2 Å². The van der Waals surface area contributed by atoms with Gasteiger partial charge in [0.15, 0.2) is 0 Å². The van der Waals surface area contributed by atoms with Crippen molar-refractivity contribution in [2.24, 2.45) is 17.8 Å². The fourth-order valence-corrected chi connectivity index (χ4v) is 9.97. The molecular weight excluding hydrogens is 829 g/mol. The van der Waals surface area contributed by atoms with Gasteiger partial charge in [0.05, 0.1) is 61.9 Å². The van der Waals surface area contributed by atoms with Gasteiger partial charge in [-0.05, 0) is 76.6 Å². The second-order valence-electron chi connectivity index (χ2n) is 17.9.